The number of piperazine rings is 1. The van der Waals surface area contributed by atoms with E-state index in [1.165, 1.54) is 0 Å². The zero-order valence-corrected chi connectivity index (χ0v) is 13.4. The summed E-state index contributed by atoms with van der Waals surface area (Å²) in [6.07, 6.45) is 3.84. The van der Waals surface area contributed by atoms with E-state index in [1.54, 1.807) is 0 Å². The van der Waals surface area contributed by atoms with Gasteiger partial charge in [0.1, 0.15) is 11.6 Å². The minimum Gasteiger partial charge on any atom is -0.368 e. The molecule has 2 N–H and O–H groups in total. The van der Waals surface area contributed by atoms with Crippen LogP contribution in [0.15, 0.2) is 18.5 Å². The fourth-order valence-corrected chi connectivity index (χ4v) is 2.91. The van der Waals surface area contributed by atoms with E-state index >= 15 is 0 Å². The number of anilines is 2. The lowest BCUT2D eigenvalue weighted by Crippen LogP contribution is -2.52. The molecule has 1 aliphatic rings. The second-order valence-electron chi connectivity index (χ2n) is 5.95. The molecule has 1 atom stereocenters. The summed E-state index contributed by atoms with van der Waals surface area (Å²) in [6.45, 7) is 7.92. The smallest absolute Gasteiger partial charge is 0.222 e. The van der Waals surface area contributed by atoms with E-state index < -0.39 is 0 Å². The van der Waals surface area contributed by atoms with Gasteiger partial charge in [-0.05, 0) is 13.8 Å². The molecular formula is C15H23N7. The van der Waals surface area contributed by atoms with Crippen LogP contribution in [0, 0.1) is 6.92 Å². The van der Waals surface area contributed by atoms with Crippen LogP contribution in [0.4, 0.5) is 11.8 Å². The monoisotopic (exact) mass is 301 g/mol. The minimum atomic E-state index is 0.345. The number of imidazole rings is 1. The van der Waals surface area contributed by atoms with Crippen LogP contribution in [0.1, 0.15) is 18.4 Å². The molecule has 1 saturated heterocycles. The Kier molecular flexibility index (Phi) is 3.98. The van der Waals surface area contributed by atoms with Gasteiger partial charge in [0.25, 0.3) is 0 Å². The summed E-state index contributed by atoms with van der Waals surface area (Å²) in [7, 11) is 2.04. The maximum absolute atomic E-state index is 5.76. The molecule has 0 amide bonds. The normalized spacial score (nSPS) is 19.6. The van der Waals surface area contributed by atoms with Crippen molar-refractivity contribution in [2.24, 2.45) is 7.05 Å². The first-order valence-electron chi connectivity index (χ1n) is 7.59. The number of hydrogen-bond acceptors (Lipinski definition) is 6. The number of nitrogens with two attached hydrogens (primary N) is 1. The van der Waals surface area contributed by atoms with Crippen LogP contribution in [0.5, 0.6) is 0 Å². The van der Waals surface area contributed by atoms with Crippen LogP contribution < -0.4 is 10.6 Å². The lowest BCUT2D eigenvalue weighted by molar-refractivity contribution is 0.174. The number of hydrogen-bond donors (Lipinski definition) is 1. The predicted molar refractivity (Wildman–Crippen MR) is 86.5 cm³/mol. The maximum Gasteiger partial charge on any atom is 0.222 e. The van der Waals surface area contributed by atoms with E-state index in [0.717, 1.165) is 43.5 Å². The number of aryl methyl sites for hydroxylation is 2. The molecule has 0 bridgehead atoms. The zero-order valence-electron chi connectivity index (χ0n) is 13.4. The quantitative estimate of drug-likeness (QED) is 0.904. The average Bonchev–Trinajstić information content (AvgIpc) is 2.85. The summed E-state index contributed by atoms with van der Waals surface area (Å²) in [6, 6.07) is 2.43. The van der Waals surface area contributed by atoms with Crippen molar-refractivity contribution in [1.29, 1.82) is 0 Å². The van der Waals surface area contributed by atoms with E-state index in [1.807, 2.05) is 32.4 Å². The van der Waals surface area contributed by atoms with Crippen molar-refractivity contribution in [3.05, 3.63) is 30.0 Å². The molecule has 7 heteroatoms. The lowest BCUT2D eigenvalue weighted by Gasteiger charge is -2.40. The maximum atomic E-state index is 5.76. The van der Waals surface area contributed by atoms with Crippen molar-refractivity contribution >= 4 is 11.8 Å². The highest BCUT2D eigenvalue weighted by Crippen LogP contribution is 2.19. The first kappa shape index (κ1) is 14.8. The van der Waals surface area contributed by atoms with Gasteiger partial charge >= 0.3 is 0 Å². The highest BCUT2D eigenvalue weighted by atomic mass is 15.3. The van der Waals surface area contributed by atoms with Gasteiger partial charge in [0.05, 0.1) is 6.54 Å². The fraction of sp³-hybridized carbons (Fsp3) is 0.533. The van der Waals surface area contributed by atoms with E-state index in [-0.39, 0.29) is 0 Å². The summed E-state index contributed by atoms with van der Waals surface area (Å²) in [5.74, 6) is 2.37. The molecule has 118 valence electrons. The third kappa shape index (κ3) is 3.04. The van der Waals surface area contributed by atoms with Crippen LogP contribution >= 0.6 is 0 Å². The van der Waals surface area contributed by atoms with Gasteiger partial charge in [0.15, 0.2) is 0 Å². The molecular weight excluding hydrogens is 278 g/mol. The second kappa shape index (κ2) is 5.92. The first-order valence-corrected chi connectivity index (χ1v) is 7.59. The molecule has 0 aromatic carbocycles. The molecule has 0 unspecified atom stereocenters. The van der Waals surface area contributed by atoms with Gasteiger partial charge in [-0.3, -0.25) is 4.90 Å². The molecule has 0 radical (unpaired) electrons. The van der Waals surface area contributed by atoms with Gasteiger partial charge in [0.2, 0.25) is 5.95 Å². The van der Waals surface area contributed by atoms with Gasteiger partial charge in [-0.15, -0.1) is 0 Å². The van der Waals surface area contributed by atoms with Crippen LogP contribution in [-0.2, 0) is 13.6 Å². The summed E-state index contributed by atoms with van der Waals surface area (Å²) in [5, 5.41) is 0. The third-order valence-electron chi connectivity index (χ3n) is 4.21. The molecule has 2 aromatic heterocycles. The van der Waals surface area contributed by atoms with Crippen LogP contribution in [-0.4, -0.2) is 50.1 Å². The average molecular weight is 301 g/mol. The molecule has 0 spiro atoms. The Hall–Kier alpha value is -2.15. The molecule has 22 heavy (non-hydrogen) atoms. The molecule has 0 aliphatic carbocycles. The van der Waals surface area contributed by atoms with Gasteiger partial charge in [0, 0.05) is 56.9 Å². The second-order valence-corrected chi connectivity index (χ2v) is 5.95. The summed E-state index contributed by atoms with van der Waals surface area (Å²) < 4.78 is 2.08. The van der Waals surface area contributed by atoms with Gasteiger partial charge < -0.3 is 15.2 Å². The first-order chi connectivity index (χ1) is 10.5. The van der Waals surface area contributed by atoms with Crippen LogP contribution in [0.3, 0.4) is 0 Å². The SMILES string of the molecule is Cc1cc(N2CCN(Cc3nccn3C)[C@H](C)C2)nc(N)n1. The summed E-state index contributed by atoms with van der Waals surface area (Å²) >= 11 is 0. The van der Waals surface area contributed by atoms with Crippen LogP contribution in [0.2, 0.25) is 0 Å². The largest absolute Gasteiger partial charge is 0.368 e. The standard InChI is InChI=1S/C15H23N7/c1-11-8-13(19-15(16)18-11)22-7-6-21(12(2)9-22)10-14-17-4-5-20(14)3/h4-5,8,12H,6-7,9-10H2,1-3H3,(H2,16,18,19)/t12-/m1/s1. The number of rotatable bonds is 3. The molecule has 1 fully saturated rings. The molecule has 7 nitrogen and oxygen atoms in total. The Balaban J connectivity index is 1.68. The van der Waals surface area contributed by atoms with Crippen molar-refractivity contribution in [2.75, 3.05) is 30.3 Å². The molecule has 3 heterocycles. The third-order valence-corrected chi connectivity index (χ3v) is 4.21. The number of nitrogen functional groups attached to an aromatic ring is 1. The molecule has 3 rings (SSSR count). The zero-order chi connectivity index (χ0) is 15.7. The van der Waals surface area contributed by atoms with Crippen molar-refractivity contribution < 1.29 is 0 Å². The predicted octanol–water partition coefficient (Wildman–Crippen LogP) is 0.811. The Bertz CT molecular complexity index is 631. The van der Waals surface area contributed by atoms with E-state index in [4.69, 9.17) is 5.73 Å². The summed E-state index contributed by atoms with van der Waals surface area (Å²) in [5.41, 5.74) is 6.67. The Morgan fingerprint density at radius 3 is 2.77 bits per heavy atom. The number of aromatic nitrogens is 4. The van der Waals surface area contributed by atoms with Gasteiger partial charge in [-0.1, -0.05) is 0 Å². The van der Waals surface area contributed by atoms with Gasteiger partial charge in [-0.25, -0.2) is 9.97 Å². The number of nitrogens with zero attached hydrogens (tertiary/aromatic N) is 6. The van der Waals surface area contributed by atoms with Crippen molar-refractivity contribution in [2.45, 2.75) is 26.4 Å². The highest BCUT2D eigenvalue weighted by molar-refractivity contribution is 5.44. The van der Waals surface area contributed by atoms with E-state index in [9.17, 15) is 0 Å². The molecule has 1 aliphatic heterocycles. The Morgan fingerprint density at radius 2 is 2.14 bits per heavy atom. The highest BCUT2D eigenvalue weighted by Gasteiger charge is 2.25. The Morgan fingerprint density at radius 1 is 1.32 bits per heavy atom. The minimum absolute atomic E-state index is 0.345. The molecule has 0 saturated carbocycles. The van der Waals surface area contributed by atoms with Crippen LogP contribution in [0.25, 0.3) is 0 Å². The van der Waals surface area contributed by atoms with E-state index in [2.05, 4.69) is 36.2 Å². The topological polar surface area (TPSA) is 76.1 Å². The Labute approximate surface area is 130 Å². The molecule has 2 aromatic rings. The summed E-state index contributed by atoms with van der Waals surface area (Å²) in [4.78, 5) is 17.7. The fourth-order valence-electron chi connectivity index (χ4n) is 2.91. The van der Waals surface area contributed by atoms with Crippen molar-refractivity contribution in [1.82, 2.24) is 24.4 Å². The van der Waals surface area contributed by atoms with Crippen molar-refractivity contribution in [3.63, 3.8) is 0 Å². The van der Waals surface area contributed by atoms with Crippen molar-refractivity contribution in [3.8, 4) is 0 Å². The van der Waals surface area contributed by atoms with Gasteiger partial charge in [-0.2, -0.15) is 4.98 Å². The van der Waals surface area contributed by atoms with E-state index in [0.29, 0.717) is 12.0 Å². The lowest BCUT2D eigenvalue weighted by atomic mass is 10.2.